The van der Waals surface area contributed by atoms with Crippen molar-refractivity contribution < 1.29 is 4.79 Å². The van der Waals surface area contributed by atoms with Gasteiger partial charge in [-0.3, -0.25) is 4.79 Å². The number of allylic oxidation sites excluding steroid dienone is 1. The van der Waals surface area contributed by atoms with E-state index in [1.807, 2.05) is 46.7 Å². The topological polar surface area (TPSA) is 38.1 Å². The van der Waals surface area contributed by atoms with Gasteiger partial charge in [-0.05, 0) is 35.9 Å². The van der Waals surface area contributed by atoms with Gasteiger partial charge in [0, 0.05) is 13.1 Å². The lowest BCUT2D eigenvalue weighted by molar-refractivity contribution is 0.0734. The van der Waals surface area contributed by atoms with Crippen LogP contribution in [0.15, 0.2) is 54.4 Å². The van der Waals surface area contributed by atoms with E-state index in [0.29, 0.717) is 19.0 Å². The first-order valence-corrected chi connectivity index (χ1v) is 9.86. The summed E-state index contributed by atoms with van der Waals surface area (Å²) < 4.78 is 2.15. The number of rotatable bonds is 8. The average Bonchev–Trinajstić information content (AvgIpc) is 3.27. The molecule has 4 nitrogen and oxygen atoms in total. The van der Waals surface area contributed by atoms with E-state index < -0.39 is 0 Å². The fraction of sp³-hybridized carbons (Fsp3) is 0.333. The molecule has 136 valence electrons. The van der Waals surface area contributed by atoms with Crippen LogP contribution in [0.1, 0.15) is 35.8 Å². The van der Waals surface area contributed by atoms with Crippen LogP contribution in [0.4, 0.5) is 0 Å². The summed E-state index contributed by atoms with van der Waals surface area (Å²) in [7, 11) is 0. The lowest BCUT2D eigenvalue weighted by atomic mass is 10.1. The molecule has 3 aromatic rings. The van der Waals surface area contributed by atoms with Crippen LogP contribution in [-0.4, -0.2) is 26.9 Å². The lowest BCUT2D eigenvalue weighted by Crippen LogP contribution is -2.32. The summed E-state index contributed by atoms with van der Waals surface area (Å²) in [6.07, 6.45) is 2.84. The predicted octanol–water partition coefficient (Wildman–Crippen LogP) is 4.97. The van der Waals surface area contributed by atoms with E-state index >= 15 is 0 Å². The third kappa shape index (κ3) is 4.05. The van der Waals surface area contributed by atoms with Gasteiger partial charge in [-0.15, -0.1) is 17.9 Å². The molecule has 1 aromatic carbocycles. The highest BCUT2D eigenvalue weighted by Gasteiger charge is 2.20. The van der Waals surface area contributed by atoms with E-state index in [9.17, 15) is 4.79 Å². The summed E-state index contributed by atoms with van der Waals surface area (Å²) in [5, 5.41) is 1.95. The van der Waals surface area contributed by atoms with Crippen LogP contribution in [-0.2, 0) is 13.1 Å². The van der Waals surface area contributed by atoms with Crippen molar-refractivity contribution in [2.24, 2.45) is 5.92 Å². The smallest absolute Gasteiger partial charge is 0.264 e. The molecule has 0 aliphatic rings. The SMILES string of the molecule is C=CCn1c(CN(CCC(C)C)C(=O)c2cccs2)nc2ccccc21. The fourth-order valence-electron chi connectivity index (χ4n) is 2.97. The van der Waals surface area contributed by atoms with E-state index in [-0.39, 0.29) is 5.91 Å². The Morgan fingerprint density at radius 2 is 2.12 bits per heavy atom. The number of imidazole rings is 1. The molecule has 0 radical (unpaired) electrons. The van der Waals surface area contributed by atoms with Gasteiger partial charge in [0.05, 0.1) is 22.5 Å². The van der Waals surface area contributed by atoms with Crippen LogP contribution in [0.5, 0.6) is 0 Å². The molecule has 0 spiro atoms. The number of carbonyl (C=O) groups excluding carboxylic acids is 1. The van der Waals surface area contributed by atoms with Gasteiger partial charge in [0.1, 0.15) is 5.82 Å². The summed E-state index contributed by atoms with van der Waals surface area (Å²) in [5.74, 6) is 1.53. The molecule has 0 aliphatic carbocycles. The Morgan fingerprint density at radius 1 is 1.31 bits per heavy atom. The van der Waals surface area contributed by atoms with Crippen LogP contribution in [0.2, 0.25) is 0 Å². The van der Waals surface area contributed by atoms with Crippen LogP contribution in [0.25, 0.3) is 11.0 Å². The van der Waals surface area contributed by atoms with E-state index in [0.717, 1.165) is 34.7 Å². The Bertz CT molecular complexity index is 880. The second-order valence-electron chi connectivity index (χ2n) is 6.80. The Labute approximate surface area is 158 Å². The Balaban J connectivity index is 1.92. The van der Waals surface area contributed by atoms with Crippen molar-refractivity contribution in [1.82, 2.24) is 14.5 Å². The van der Waals surface area contributed by atoms with Crippen LogP contribution in [0.3, 0.4) is 0 Å². The van der Waals surface area contributed by atoms with Crippen LogP contribution in [0, 0.1) is 5.92 Å². The first kappa shape index (κ1) is 18.4. The molecule has 0 unspecified atom stereocenters. The molecule has 0 atom stereocenters. The van der Waals surface area contributed by atoms with Gasteiger partial charge < -0.3 is 9.47 Å². The Kier molecular flexibility index (Phi) is 5.89. The molecule has 0 saturated carbocycles. The maximum atomic E-state index is 13.0. The highest BCUT2D eigenvalue weighted by Crippen LogP contribution is 2.20. The molecule has 26 heavy (non-hydrogen) atoms. The first-order valence-electron chi connectivity index (χ1n) is 8.98. The largest absolute Gasteiger partial charge is 0.330 e. The maximum absolute atomic E-state index is 13.0. The highest BCUT2D eigenvalue weighted by atomic mass is 32.1. The number of benzene rings is 1. The van der Waals surface area contributed by atoms with Crippen molar-refractivity contribution in [2.75, 3.05) is 6.54 Å². The van der Waals surface area contributed by atoms with Gasteiger partial charge in [0.2, 0.25) is 0 Å². The van der Waals surface area contributed by atoms with Gasteiger partial charge in [-0.25, -0.2) is 4.98 Å². The average molecular weight is 368 g/mol. The minimum atomic E-state index is 0.0814. The first-order chi connectivity index (χ1) is 12.6. The Hall–Kier alpha value is -2.40. The molecule has 0 fully saturated rings. The number of nitrogens with zero attached hydrogens (tertiary/aromatic N) is 3. The summed E-state index contributed by atoms with van der Waals surface area (Å²) >= 11 is 1.49. The van der Waals surface area contributed by atoms with Crippen molar-refractivity contribution in [3.05, 3.63) is 65.1 Å². The fourth-order valence-corrected chi connectivity index (χ4v) is 3.66. The summed E-state index contributed by atoms with van der Waals surface area (Å²) in [5.41, 5.74) is 2.03. The minimum absolute atomic E-state index is 0.0814. The van der Waals surface area contributed by atoms with E-state index in [2.05, 4.69) is 31.1 Å². The zero-order valence-electron chi connectivity index (χ0n) is 15.4. The number of para-hydroxylation sites is 2. The molecule has 2 heterocycles. The van der Waals surface area contributed by atoms with Gasteiger partial charge >= 0.3 is 0 Å². The van der Waals surface area contributed by atoms with Crippen LogP contribution < -0.4 is 0 Å². The number of aromatic nitrogens is 2. The molecule has 5 heteroatoms. The quantitative estimate of drug-likeness (QED) is 0.527. The zero-order chi connectivity index (χ0) is 18.5. The van der Waals surface area contributed by atoms with E-state index in [4.69, 9.17) is 4.98 Å². The molecule has 0 saturated heterocycles. The normalized spacial score (nSPS) is 11.2. The van der Waals surface area contributed by atoms with Crippen molar-refractivity contribution in [3.8, 4) is 0 Å². The molecule has 0 aliphatic heterocycles. The number of thiophene rings is 1. The van der Waals surface area contributed by atoms with Gasteiger partial charge in [-0.2, -0.15) is 0 Å². The van der Waals surface area contributed by atoms with E-state index in [1.54, 1.807) is 0 Å². The summed E-state index contributed by atoms with van der Waals surface area (Å²) in [6.45, 7) is 10.1. The molecule has 3 rings (SSSR count). The molecule has 1 amide bonds. The van der Waals surface area contributed by atoms with Crippen LogP contribution >= 0.6 is 11.3 Å². The second kappa shape index (κ2) is 8.32. The molecular formula is C21H25N3OS. The third-order valence-corrected chi connectivity index (χ3v) is 5.23. The monoisotopic (exact) mass is 367 g/mol. The van der Waals surface area contributed by atoms with Crippen molar-refractivity contribution >= 4 is 28.3 Å². The number of amides is 1. The highest BCUT2D eigenvalue weighted by molar-refractivity contribution is 7.12. The number of carbonyl (C=O) groups is 1. The Morgan fingerprint density at radius 3 is 2.81 bits per heavy atom. The van der Waals surface area contributed by atoms with Gasteiger partial charge in [0.15, 0.2) is 0 Å². The summed E-state index contributed by atoms with van der Waals surface area (Å²) in [6, 6.07) is 11.9. The predicted molar refractivity (Wildman–Crippen MR) is 108 cm³/mol. The molecule has 2 aromatic heterocycles. The lowest BCUT2D eigenvalue weighted by Gasteiger charge is -2.23. The molecule has 0 bridgehead atoms. The minimum Gasteiger partial charge on any atom is -0.330 e. The maximum Gasteiger partial charge on any atom is 0.264 e. The van der Waals surface area contributed by atoms with E-state index in [1.165, 1.54) is 11.3 Å². The third-order valence-electron chi connectivity index (χ3n) is 4.37. The van der Waals surface area contributed by atoms with Crippen molar-refractivity contribution in [1.29, 1.82) is 0 Å². The van der Waals surface area contributed by atoms with Crippen molar-refractivity contribution in [3.63, 3.8) is 0 Å². The summed E-state index contributed by atoms with van der Waals surface area (Å²) in [4.78, 5) is 20.5. The number of hydrogen-bond acceptors (Lipinski definition) is 3. The standard InChI is InChI=1S/C21H25N3OS/c1-4-12-24-18-9-6-5-8-17(18)22-20(24)15-23(13-11-16(2)3)21(25)19-10-7-14-26-19/h4-10,14,16H,1,11-13,15H2,2-3H3. The van der Waals surface area contributed by atoms with Crippen molar-refractivity contribution in [2.45, 2.75) is 33.4 Å². The number of fused-ring (bicyclic) bond motifs is 1. The second-order valence-corrected chi connectivity index (χ2v) is 7.75. The molecular weight excluding hydrogens is 342 g/mol. The zero-order valence-corrected chi connectivity index (χ0v) is 16.2. The van der Waals surface area contributed by atoms with Gasteiger partial charge in [-0.1, -0.05) is 38.1 Å². The molecule has 0 N–H and O–H groups in total. The number of hydrogen-bond donors (Lipinski definition) is 0. The van der Waals surface area contributed by atoms with Gasteiger partial charge in [0.25, 0.3) is 5.91 Å².